The first-order valence-corrected chi connectivity index (χ1v) is 7.60. The van der Waals surface area contributed by atoms with Crippen LogP contribution in [0.5, 0.6) is 0 Å². The minimum Gasteiger partial charge on any atom is -0.478 e. The molecule has 122 valence electrons. The fourth-order valence-corrected chi connectivity index (χ4v) is 3.00. The molecule has 8 heteroatoms. The Morgan fingerprint density at radius 1 is 1.26 bits per heavy atom. The van der Waals surface area contributed by atoms with Gasteiger partial charge in [-0.25, -0.2) is 14.0 Å². The molecule has 1 heterocycles. The van der Waals surface area contributed by atoms with Gasteiger partial charge in [-0.1, -0.05) is 19.3 Å². The van der Waals surface area contributed by atoms with Gasteiger partial charge in [0.1, 0.15) is 5.82 Å². The number of aromatic carboxylic acids is 1. The van der Waals surface area contributed by atoms with Crippen molar-refractivity contribution in [2.45, 2.75) is 44.7 Å². The molecule has 0 unspecified atom stereocenters. The molecule has 0 saturated heterocycles. The zero-order chi connectivity index (χ0) is 16.4. The van der Waals surface area contributed by atoms with E-state index < -0.39 is 17.5 Å². The Kier molecular flexibility index (Phi) is 4.22. The predicted octanol–water partition coefficient (Wildman–Crippen LogP) is 1.83. The topological polar surface area (TPSA) is 90.0 Å². The molecule has 0 spiro atoms. The van der Waals surface area contributed by atoms with Gasteiger partial charge in [-0.2, -0.15) is 9.36 Å². The molecule has 0 amide bonds. The molecule has 0 aliphatic heterocycles. The van der Waals surface area contributed by atoms with E-state index in [0.29, 0.717) is 0 Å². The van der Waals surface area contributed by atoms with Gasteiger partial charge in [0.25, 0.3) is 0 Å². The van der Waals surface area contributed by atoms with Crippen molar-refractivity contribution in [1.29, 1.82) is 0 Å². The van der Waals surface area contributed by atoms with Crippen LogP contribution in [0.2, 0.25) is 0 Å². The lowest BCUT2D eigenvalue weighted by Gasteiger charge is -2.19. The van der Waals surface area contributed by atoms with Crippen LogP contribution in [0.1, 0.15) is 54.1 Å². The maximum atomic E-state index is 13.4. The van der Waals surface area contributed by atoms with Crippen LogP contribution in [0.15, 0.2) is 23.0 Å². The number of carbonyl (C=O) groups is 1. The van der Waals surface area contributed by atoms with Gasteiger partial charge in [-0.3, -0.25) is 0 Å². The molecule has 1 aromatic heterocycles. The third-order valence-electron chi connectivity index (χ3n) is 4.20. The summed E-state index contributed by atoms with van der Waals surface area (Å²) < 4.78 is 15.8. The molecule has 1 saturated carbocycles. The standard InChI is InChI=1S/C15H17FN4O3/c16-11-6-7-13(14(21)22)10(8-11)9-19-15(23)20(18-17-19)12-4-2-1-3-5-12/h6-8,12H,1-5,9H2,(H,21,22). The second kappa shape index (κ2) is 6.31. The molecular formula is C15H17FN4O3. The number of rotatable bonds is 4. The van der Waals surface area contributed by atoms with Gasteiger partial charge in [0.2, 0.25) is 0 Å². The summed E-state index contributed by atoms with van der Waals surface area (Å²) in [5.41, 5.74) is -0.252. The van der Waals surface area contributed by atoms with Crippen molar-refractivity contribution in [3.8, 4) is 0 Å². The van der Waals surface area contributed by atoms with Crippen molar-refractivity contribution < 1.29 is 14.3 Å². The number of carboxylic acids is 1. The highest BCUT2D eigenvalue weighted by Gasteiger charge is 2.21. The van der Waals surface area contributed by atoms with Crippen LogP contribution in [0, 0.1) is 5.82 Å². The monoisotopic (exact) mass is 320 g/mol. The van der Waals surface area contributed by atoms with Crippen LogP contribution in [-0.2, 0) is 6.54 Å². The van der Waals surface area contributed by atoms with E-state index in [9.17, 15) is 14.0 Å². The predicted molar refractivity (Wildman–Crippen MR) is 78.9 cm³/mol. The SMILES string of the molecule is O=C(O)c1ccc(F)cc1Cn1nnn(C2CCCCC2)c1=O. The molecule has 7 nitrogen and oxygen atoms in total. The van der Waals surface area contributed by atoms with E-state index in [2.05, 4.69) is 10.4 Å². The first-order valence-electron chi connectivity index (χ1n) is 7.60. The second-order valence-corrected chi connectivity index (χ2v) is 5.76. The lowest BCUT2D eigenvalue weighted by atomic mass is 9.96. The van der Waals surface area contributed by atoms with Gasteiger partial charge in [0.15, 0.2) is 0 Å². The van der Waals surface area contributed by atoms with Gasteiger partial charge in [-0.15, -0.1) is 0 Å². The molecular weight excluding hydrogens is 303 g/mol. The molecule has 0 atom stereocenters. The molecule has 1 aliphatic carbocycles. The Morgan fingerprint density at radius 2 is 2.00 bits per heavy atom. The van der Waals surface area contributed by atoms with E-state index in [4.69, 9.17) is 5.11 Å². The van der Waals surface area contributed by atoms with E-state index in [1.807, 2.05) is 0 Å². The molecule has 2 aromatic rings. The highest BCUT2D eigenvalue weighted by molar-refractivity contribution is 5.89. The summed E-state index contributed by atoms with van der Waals surface area (Å²) in [6.07, 6.45) is 5.04. The number of tetrazole rings is 1. The summed E-state index contributed by atoms with van der Waals surface area (Å²) in [4.78, 5) is 23.6. The number of aromatic nitrogens is 4. The molecule has 3 rings (SSSR count). The van der Waals surface area contributed by atoms with E-state index in [-0.39, 0.29) is 23.7 Å². The molecule has 1 N–H and O–H groups in total. The first kappa shape index (κ1) is 15.4. The minimum absolute atomic E-state index is 0.0384. The summed E-state index contributed by atoms with van der Waals surface area (Å²) in [5.74, 6) is -1.73. The molecule has 1 fully saturated rings. The van der Waals surface area contributed by atoms with Crippen LogP contribution >= 0.6 is 0 Å². The number of hydrogen-bond donors (Lipinski definition) is 1. The first-order chi connectivity index (χ1) is 11.1. The minimum atomic E-state index is -1.17. The van der Waals surface area contributed by atoms with Crippen molar-refractivity contribution in [2.75, 3.05) is 0 Å². The summed E-state index contributed by atoms with van der Waals surface area (Å²) in [6.45, 7) is -0.120. The fraction of sp³-hybridized carbons (Fsp3) is 0.467. The number of hydrogen-bond acceptors (Lipinski definition) is 4. The zero-order valence-corrected chi connectivity index (χ0v) is 12.5. The van der Waals surface area contributed by atoms with Crippen LogP contribution in [-0.4, -0.2) is 30.9 Å². The van der Waals surface area contributed by atoms with Crippen molar-refractivity contribution in [3.05, 3.63) is 45.6 Å². The third-order valence-corrected chi connectivity index (χ3v) is 4.20. The average molecular weight is 320 g/mol. The van der Waals surface area contributed by atoms with Gasteiger partial charge < -0.3 is 5.11 Å². The molecule has 23 heavy (non-hydrogen) atoms. The van der Waals surface area contributed by atoms with E-state index in [1.54, 1.807) is 0 Å². The second-order valence-electron chi connectivity index (χ2n) is 5.76. The van der Waals surface area contributed by atoms with Gasteiger partial charge in [0.05, 0.1) is 18.2 Å². The van der Waals surface area contributed by atoms with E-state index >= 15 is 0 Å². The zero-order valence-electron chi connectivity index (χ0n) is 12.5. The van der Waals surface area contributed by atoms with Gasteiger partial charge >= 0.3 is 11.7 Å². The molecule has 1 aliphatic rings. The van der Waals surface area contributed by atoms with Crippen molar-refractivity contribution in [1.82, 2.24) is 19.8 Å². The maximum Gasteiger partial charge on any atom is 0.364 e. The van der Waals surface area contributed by atoms with Crippen LogP contribution in [0.25, 0.3) is 0 Å². The number of carboxylic acid groups (broad SMARTS) is 1. The highest BCUT2D eigenvalue weighted by atomic mass is 19.1. The quantitative estimate of drug-likeness (QED) is 0.928. The molecule has 1 aromatic carbocycles. The summed E-state index contributed by atoms with van der Waals surface area (Å²) in [5, 5.41) is 16.9. The summed E-state index contributed by atoms with van der Waals surface area (Å²) in [7, 11) is 0. The smallest absolute Gasteiger partial charge is 0.364 e. The van der Waals surface area contributed by atoms with Crippen LogP contribution < -0.4 is 5.69 Å². The normalized spacial score (nSPS) is 15.7. The van der Waals surface area contributed by atoms with Crippen molar-refractivity contribution in [2.24, 2.45) is 0 Å². The Labute approximate surface area is 131 Å². The Hall–Kier alpha value is -2.51. The van der Waals surface area contributed by atoms with Crippen LogP contribution in [0.3, 0.4) is 0 Å². The van der Waals surface area contributed by atoms with Crippen molar-refractivity contribution >= 4 is 5.97 Å². The van der Waals surface area contributed by atoms with Crippen LogP contribution in [0.4, 0.5) is 4.39 Å². The van der Waals surface area contributed by atoms with E-state index in [1.165, 1.54) is 10.7 Å². The number of benzene rings is 1. The Morgan fingerprint density at radius 3 is 2.70 bits per heavy atom. The largest absolute Gasteiger partial charge is 0.478 e. The van der Waals surface area contributed by atoms with Crippen molar-refractivity contribution in [3.63, 3.8) is 0 Å². The molecule has 0 radical (unpaired) electrons. The van der Waals surface area contributed by atoms with E-state index in [0.717, 1.165) is 48.9 Å². The average Bonchev–Trinajstić information content (AvgIpc) is 2.89. The summed E-state index contributed by atoms with van der Waals surface area (Å²) in [6, 6.07) is 3.41. The maximum absolute atomic E-state index is 13.4. The Balaban J connectivity index is 1.89. The fourth-order valence-electron chi connectivity index (χ4n) is 3.00. The number of nitrogens with zero attached hydrogens (tertiary/aromatic N) is 4. The lowest BCUT2D eigenvalue weighted by molar-refractivity contribution is 0.0695. The Bertz CT molecular complexity index is 777. The molecule has 0 bridgehead atoms. The number of halogens is 1. The highest BCUT2D eigenvalue weighted by Crippen LogP contribution is 2.25. The van der Waals surface area contributed by atoms with Gasteiger partial charge in [-0.05, 0) is 47.0 Å². The van der Waals surface area contributed by atoms with Gasteiger partial charge in [0, 0.05) is 0 Å². The third kappa shape index (κ3) is 3.15. The lowest BCUT2D eigenvalue weighted by Crippen LogP contribution is -2.30. The summed E-state index contributed by atoms with van der Waals surface area (Å²) >= 11 is 0.